The van der Waals surface area contributed by atoms with Gasteiger partial charge in [-0.05, 0) is 6.07 Å². The lowest BCUT2D eigenvalue weighted by Crippen LogP contribution is -2.26. The van der Waals surface area contributed by atoms with Crippen LogP contribution in [0.2, 0.25) is 0 Å². The second-order valence-corrected chi connectivity index (χ2v) is 7.66. The average Bonchev–Trinajstić information content (AvgIpc) is 3.04. The Morgan fingerprint density at radius 2 is 2.09 bits per heavy atom. The number of nitrogens with zero attached hydrogens (tertiary/aromatic N) is 2. The highest BCUT2D eigenvalue weighted by Gasteiger charge is 2.35. The average molecular weight is 402 g/mol. The van der Waals surface area contributed by atoms with Crippen molar-refractivity contribution in [3.8, 4) is 11.1 Å². The topological polar surface area (TPSA) is 83.1 Å². The van der Waals surface area contributed by atoms with Crippen LogP contribution in [-0.2, 0) is 15.0 Å². The molecule has 0 spiro atoms. The number of hydrogen-bond donors (Lipinski definition) is 1. The van der Waals surface area contributed by atoms with Crippen LogP contribution in [0.5, 0.6) is 0 Å². The Labute approximate surface area is 141 Å². The molecule has 1 N–H and O–H groups in total. The van der Waals surface area contributed by atoms with Crippen LogP contribution in [0.15, 0.2) is 34.9 Å². The van der Waals surface area contributed by atoms with Gasteiger partial charge in [0.05, 0.1) is 11.9 Å². The molecule has 1 aliphatic heterocycles. The van der Waals surface area contributed by atoms with Crippen LogP contribution in [-0.4, -0.2) is 36.8 Å². The quantitative estimate of drug-likeness (QED) is 0.797. The minimum Gasteiger partial charge on any atom is -0.296 e. The highest BCUT2D eigenvalue weighted by atomic mass is 79.9. The second-order valence-electron chi connectivity index (χ2n) is 5.39. The summed E-state index contributed by atoms with van der Waals surface area (Å²) >= 11 is 3.45. The number of aromatic nitrogens is 2. The minimum absolute atomic E-state index is 0.00241. The predicted molar refractivity (Wildman–Crippen MR) is 87.1 cm³/mol. The fourth-order valence-electron chi connectivity index (χ4n) is 2.75. The van der Waals surface area contributed by atoms with E-state index in [2.05, 4.69) is 26.1 Å². The Morgan fingerprint density at radius 3 is 2.78 bits per heavy atom. The van der Waals surface area contributed by atoms with Crippen LogP contribution in [0.1, 0.15) is 6.42 Å². The molecular weight excluding hydrogens is 389 g/mol. The molecular formula is C14H13BrFN3O3S. The molecule has 1 unspecified atom stereocenters. The Bertz CT molecular complexity index is 852. The standard InChI is InChI=1S/C14H13BrFN3O3S/c15-12-4-2-1-3-10(12)11-6-17-18-14(11)19-7-9(5-13(19)20)8-23(16,21)22/h1-4,6,9H,5,7-8H2,(H,17,18). The van der Waals surface area contributed by atoms with Crippen molar-refractivity contribution in [2.45, 2.75) is 6.42 Å². The van der Waals surface area contributed by atoms with Crippen LogP contribution in [0, 0.1) is 5.92 Å². The van der Waals surface area contributed by atoms with Gasteiger partial charge in [0.25, 0.3) is 0 Å². The van der Waals surface area contributed by atoms with E-state index in [4.69, 9.17) is 0 Å². The molecule has 3 rings (SSSR count). The number of carbonyl (C=O) groups is 1. The molecule has 0 saturated carbocycles. The third-order valence-electron chi connectivity index (χ3n) is 3.69. The summed E-state index contributed by atoms with van der Waals surface area (Å²) < 4.78 is 35.3. The smallest absolute Gasteiger partial charge is 0.296 e. The normalized spacial score (nSPS) is 18.6. The first-order valence-electron chi connectivity index (χ1n) is 6.86. The molecule has 122 valence electrons. The van der Waals surface area contributed by atoms with Gasteiger partial charge in [-0.2, -0.15) is 13.5 Å². The summed E-state index contributed by atoms with van der Waals surface area (Å²) in [4.78, 5) is 13.6. The third-order valence-corrected chi connectivity index (χ3v) is 5.25. The maximum atomic E-state index is 12.9. The van der Waals surface area contributed by atoms with Gasteiger partial charge < -0.3 is 0 Å². The molecule has 1 saturated heterocycles. The number of benzene rings is 1. The second kappa shape index (κ2) is 6.04. The molecule has 1 aromatic heterocycles. The summed E-state index contributed by atoms with van der Waals surface area (Å²) in [6.45, 7) is 0.141. The van der Waals surface area contributed by atoms with E-state index < -0.39 is 21.9 Å². The Balaban J connectivity index is 1.91. The molecule has 0 radical (unpaired) electrons. The number of nitrogens with one attached hydrogen (secondary N) is 1. The van der Waals surface area contributed by atoms with Crippen molar-refractivity contribution in [1.29, 1.82) is 0 Å². The number of aromatic amines is 1. The number of hydrogen-bond acceptors (Lipinski definition) is 4. The van der Waals surface area contributed by atoms with E-state index in [-0.39, 0.29) is 18.9 Å². The van der Waals surface area contributed by atoms with Crippen LogP contribution in [0.4, 0.5) is 9.70 Å². The summed E-state index contributed by atoms with van der Waals surface area (Å²) in [5, 5.41) is 6.76. The number of amides is 1. The van der Waals surface area contributed by atoms with E-state index in [0.717, 1.165) is 15.6 Å². The Morgan fingerprint density at radius 1 is 1.35 bits per heavy atom. The lowest BCUT2D eigenvalue weighted by molar-refractivity contribution is -0.117. The maximum absolute atomic E-state index is 12.9. The summed E-state index contributed by atoms with van der Waals surface area (Å²) in [5.41, 5.74) is 1.57. The molecule has 1 aromatic carbocycles. The van der Waals surface area contributed by atoms with Gasteiger partial charge in [0, 0.05) is 34.5 Å². The summed E-state index contributed by atoms with van der Waals surface area (Å²) in [5.74, 6) is -0.974. The molecule has 1 amide bonds. The lowest BCUT2D eigenvalue weighted by atomic mass is 10.1. The van der Waals surface area contributed by atoms with Crippen molar-refractivity contribution >= 4 is 37.9 Å². The van der Waals surface area contributed by atoms with Gasteiger partial charge in [-0.15, -0.1) is 3.89 Å². The van der Waals surface area contributed by atoms with Crippen molar-refractivity contribution in [1.82, 2.24) is 10.2 Å². The molecule has 0 bridgehead atoms. The van der Waals surface area contributed by atoms with Crippen molar-refractivity contribution < 1.29 is 17.1 Å². The summed E-state index contributed by atoms with van der Waals surface area (Å²) in [6, 6.07) is 7.48. The number of anilines is 1. The fraction of sp³-hybridized carbons (Fsp3) is 0.286. The summed E-state index contributed by atoms with van der Waals surface area (Å²) in [7, 11) is -4.60. The van der Waals surface area contributed by atoms with Gasteiger partial charge in [-0.3, -0.25) is 14.8 Å². The maximum Gasteiger partial charge on any atom is 0.302 e. The molecule has 2 heterocycles. The predicted octanol–water partition coefficient (Wildman–Crippen LogP) is 2.49. The van der Waals surface area contributed by atoms with Crippen molar-refractivity contribution in [3.05, 3.63) is 34.9 Å². The van der Waals surface area contributed by atoms with Crippen molar-refractivity contribution in [3.63, 3.8) is 0 Å². The molecule has 1 aliphatic rings. The van der Waals surface area contributed by atoms with Crippen molar-refractivity contribution in [2.24, 2.45) is 5.92 Å². The van der Waals surface area contributed by atoms with Gasteiger partial charge in [-0.1, -0.05) is 34.1 Å². The van der Waals surface area contributed by atoms with Gasteiger partial charge in [0.2, 0.25) is 5.91 Å². The third kappa shape index (κ3) is 3.45. The number of carbonyl (C=O) groups excluding carboxylic acids is 1. The molecule has 1 fully saturated rings. The number of rotatable bonds is 4. The van der Waals surface area contributed by atoms with Gasteiger partial charge in [0.1, 0.15) is 5.82 Å². The zero-order valence-electron chi connectivity index (χ0n) is 11.9. The van der Waals surface area contributed by atoms with E-state index in [0.29, 0.717) is 5.82 Å². The van der Waals surface area contributed by atoms with Crippen molar-refractivity contribution in [2.75, 3.05) is 17.2 Å². The first-order chi connectivity index (χ1) is 10.8. The van der Waals surface area contributed by atoms with Gasteiger partial charge >= 0.3 is 10.2 Å². The van der Waals surface area contributed by atoms with Crippen LogP contribution in [0.25, 0.3) is 11.1 Å². The van der Waals surface area contributed by atoms with Crippen LogP contribution in [0.3, 0.4) is 0 Å². The van der Waals surface area contributed by atoms with Crippen LogP contribution < -0.4 is 4.90 Å². The zero-order valence-corrected chi connectivity index (χ0v) is 14.3. The van der Waals surface area contributed by atoms with Gasteiger partial charge in [0.15, 0.2) is 0 Å². The summed E-state index contributed by atoms with van der Waals surface area (Å²) in [6.07, 6.45) is 1.60. The Kier molecular flexibility index (Phi) is 4.24. The zero-order chi connectivity index (χ0) is 16.6. The molecule has 6 nitrogen and oxygen atoms in total. The number of H-pyrrole nitrogens is 1. The first-order valence-corrected chi connectivity index (χ1v) is 9.20. The lowest BCUT2D eigenvalue weighted by Gasteiger charge is -2.16. The fourth-order valence-corrected chi connectivity index (χ4v) is 4.04. The molecule has 9 heteroatoms. The highest BCUT2D eigenvalue weighted by molar-refractivity contribution is 9.10. The van der Waals surface area contributed by atoms with Gasteiger partial charge in [-0.25, -0.2) is 0 Å². The Hall–Kier alpha value is -1.74. The van der Waals surface area contributed by atoms with E-state index in [9.17, 15) is 17.1 Å². The van der Waals surface area contributed by atoms with E-state index in [1.165, 1.54) is 4.90 Å². The largest absolute Gasteiger partial charge is 0.302 e. The van der Waals surface area contributed by atoms with Crippen LogP contribution >= 0.6 is 15.9 Å². The molecule has 2 aromatic rings. The number of halogens is 2. The molecule has 1 atom stereocenters. The molecule has 0 aliphatic carbocycles. The SMILES string of the molecule is O=C1CC(CS(=O)(=O)F)CN1c1[nH]ncc1-c1ccccc1Br. The monoisotopic (exact) mass is 401 g/mol. The first kappa shape index (κ1) is 16.1. The minimum atomic E-state index is -4.60. The highest BCUT2D eigenvalue weighted by Crippen LogP contribution is 2.36. The van der Waals surface area contributed by atoms with E-state index in [1.54, 1.807) is 6.20 Å². The van der Waals surface area contributed by atoms with E-state index >= 15 is 0 Å². The molecule has 23 heavy (non-hydrogen) atoms. The van der Waals surface area contributed by atoms with E-state index in [1.807, 2.05) is 24.3 Å².